The predicted molar refractivity (Wildman–Crippen MR) is 133 cm³/mol. The SMILES string of the molecule is CCC(C)(C)C(=O)OC[C@@H]1C(COCc2ccccc2)[C@H]2CC[C@]1(/C=C/[C@H](O)C[C@H](O)CC(=O)O)O2. The standard InChI is InChI=1S/C28H40O8/c1-4-27(2,3)26(33)35-18-23-22(17-34-16-19-8-6-5-7-9-19)24-11-13-28(23,36-24)12-10-20(29)14-21(30)15-25(31)32/h5-10,12,20-24,29-30H,4,11,13-18H2,1-3H3,(H,31,32)/b12-10+/t20-,21-,22?,23+,24+,28-/m0/s1. The number of aliphatic hydroxyl groups is 2. The lowest BCUT2D eigenvalue weighted by atomic mass is 9.72. The average molecular weight is 505 g/mol. The van der Waals surface area contributed by atoms with Crippen LogP contribution in [0.3, 0.4) is 0 Å². The number of carboxylic acids is 1. The molecule has 0 spiro atoms. The van der Waals surface area contributed by atoms with Crippen molar-refractivity contribution in [2.75, 3.05) is 13.2 Å². The Kier molecular flexibility index (Phi) is 9.69. The second-order valence-electron chi connectivity index (χ2n) is 10.7. The van der Waals surface area contributed by atoms with E-state index in [1.54, 1.807) is 6.08 Å². The minimum absolute atomic E-state index is 0.0133. The number of aliphatic carboxylic acids is 1. The van der Waals surface area contributed by atoms with E-state index in [0.717, 1.165) is 12.0 Å². The molecular formula is C28H40O8. The van der Waals surface area contributed by atoms with Crippen molar-refractivity contribution >= 4 is 11.9 Å². The molecule has 0 aliphatic carbocycles. The smallest absolute Gasteiger partial charge is 0.311 e. The first-order chi connectivity index (χ1) is 17.1. The van der Waals surface area contributed by atoms with Crippen LogP contribution in [0.4, 0.5) is 0 Å². The number of hydrogen-bond donors (Lipinski definition) is 3. The van der Waals surface area contributed by atoms with Crippen molar-refractivity contribution in [3.8, 4) is 0 Å². The fourth-order valence-corrected chi connectivity index (χ4v) is 5.01. The van der Waals surface area contributed by atoms with Gasteiger partial charge in [-0.3, -0.25) is 9.59 Å². The van der Waals surface area contributed by atoms with Gasteiger partial charge in [-0.1, -0.05) is 49.4 Å². The van der Waals surface area contributed by atoms with E-state index in [1.165, 1.54) is 0 Å². The van der Waals surface area contributed by atoms with Gasteiger partial charge in [0, 0.05) is 18.3 Å². The maximum Gasteiger partial charge on any atom is 0.311 e. The number of fused-ring (bicyclic) bond motifs is 2. The van der Waals surface area contributed by atoms with E-state index in [9.17, 15) is 19.8 Å². The molecule has 6 atom stereocenters. The quantitative estimate of drug-likeness (QED) is 0.260. The summed E-state index contributed by atoms with van der Waals surface area (Å²) in [5.41, 5.74) is -0.232. The van der Waals surface area contributed by atoms with Crippen LogP contribution in [0.1, 0.15) is 58.4 Å². The van der Waals surface area contributed by atoms with Gasteiger partial charge in [0.1, 0.15) is 0 Å². The van der Waals surface area contributed by atoms with Crippen LogP contribution >= 0.6 is 0 Å². The van der Waals surface area contributed by atoms with Crippen molar-refractivity contribution in [1.29, 1.82) is 0 Å². The lowest BCUT2D eigenvalue weighted by Crippen LogP contribution is -2.42. The Balaban J connectivity index is 1.71. The molecule has 0 saturated carbocycles. The topological polar surface area (TPSA) is 123 Å². The third-order valence-electron chi connectivity index (χ3n) is 7.59. The molecule has 1 aromatic carbocycles. The zero-order valence-electron chi connectivity index (χ0n) is 21.5. The van der Waals surface area contributed by atoms with E-state index in [0.29, 0.717) is 26.1 Å². The molecule has 0 aromatic heterocycles. The Labute approximate surface area is 213 Å². The summed E-state index contributed by atoms with van der Waals surface area (Å²) in [7, 11) is 0. The van der Waals surface area contributed by atoms with Gasteiger partial charge in [-0.25, -0.2) is 0 Å². The van der Waals surface area contributed by atoms with Crippen molar-refractivity contribution in [2.45, 2.75) is 83.4 Å². The van der Waals surface area contributed by atoms with Crippen molar-refractivity contribution in [2.24, 2.45) is 17.3 Å². The number of ether oxygens (including phenoxy) is 3. The van der Waals surface area contributed by atoms with Crippen LogP contribution in [0.5, 0.6) is 0 Å². The third-order valence-corrected chi connectivity index (χ3v) is 7.59. The number of carbonyl (C=O) groups is 2. The Bertz CT molecular complexity index is 898. The van der Waals surface area contributed by atoms with Gasteiger partial charge < -0.3 is 29.5 Å². The number of esters is 1. The molecule has 0 radical (unpaired) electrons. The lowest BCUT2D eigenvalue weighted by Gasteiger charge is -2.35. The molecule has 0 amide bonds. The second-order valence-corrected chi connectivity index (χ2v) is 10.7. The lowest BCUT2D eigenvalue weighted by molar-refractivity contribution is -0.157. The van der Waals surface area contributed by atoms with Crippen molar-refractivity contribution < 1.29 is 39.1 Å². The van der Waals surface area contributed by atoms with E-state index in [1.807, 2.05) is 57.2 Å². The average Bonchev–Trinajstić information content (AvgIpc) is 3.38. The molecular weight excluding hydrogens is 464 g/mol. The van der Waals surface area contributed by atoms with E-state index < -0.39 is 35.6 Å². The normalized spacial score (nSPS) is 27.3. The number of carbonyl (C=O) groups excluding carboxylic acids is 1. The summed E-state index contributed by atoms with van der Waals surface area (Å²) < 4.78 is 18.3. The van der Waals surface area contributed by atoms with Gasteiger partial charge in [-0.15, -0.1) is 0 Å². The Hall–Kier alpha value is -2.26. The zero-order valence-corrected chi connectivity index (χ0v) is 21.5. The van der Waals surface area contributed by atoms with Gasteiger partial charge in [-0.05, 0) is 38.7 Å². The largest absolute Gasteiger partial charge is 0.481 e. The molecule has 2 aliphatic rings. The second kappa shape index (κ2) is 12.3. The maximum absolute atomic E-state index is 12.7. The highest BCUT2D eigenvalue weighted by Gasteiger charge is 2.58. The molecule has 1 aromatic rings. The molecule has 2 saturated heterocycles. The summed E-state index contributed by atoms with van der Waals surface area (Å²) in [6.45, 7) is 6.78. The van der Waals surface area contributed by atoms with Crippen LogP contribution in [0, 0.1) is 17.3 Å². The summed E-state index contributed by atoms with van der Waals surface area (Å²) in [6.07, 6.45) is 2.84. The number of carboxylic acid groups (broad SMARTS) is 1. The first-order valence-corrected chi connectivity index (χ1v) is 12.8. The van der Waals surface area contributed by atoms with Crippen molar-refractivity contribution in [3.63, 3.8) is 0 Å². The molecule has 2 heterocycles. The van der Waals surface area contributed by atoms with Gasteiger partial charge in [0.15, 0.2) is 0 Å². The molecule has 8 heteroatoms. The highest BCUT2D eigenvalue weighted by Crippen LogP contribution is 2.52. The summed E-state index contributed by atoms with van der Waals surface area (Å²) in [5, 5.41) is 29.1. The first-order valence-electron chi connectivity index (χ1n) is 12.8. The van der Waals surface area contributed by atoms with Crippen molar-refractivity contribution in [1.82, 2.24) is 0 Å². The molecule has 8 nitrogen and oxygen atoms in total. The van der Waals surface area contributed by atoms with E-state index in [4.69, 9.17) is 19.3 Å². The van der Waals surface area contributed by atoms with Gasteiger partial charge in [0.05, 0.1) is 55.6 Å². The third kappa shape index (κ3) is 7.16. The number of benzene rings is 1. The molecule has 3 rings (SSSR count). The molecule has 2 fully saturated rings. The first kappa shape index (κ1) is 28.3. The van der Waals surface area contributed by atoms with Crippen LogP contribution in [0.25, 0.3) is 0 Å². The Morgan fingerprint density at radius 1 is 1.22 bits per heavy atom. The molecule has 2 bridgehead atoms. The van der Waals surface area contributed by atoms with E-state index in [2.05, 4.69) is 0 Å². The summed E-state index contributed by atoms with van der Waals surface area (Å²) in [4.78, 5) is 23.5. The molecule has 36 heavy (non-hydrogen) atoms. The summed E-state index contributed by atoms with van der Waals surface area (Å²) in [6, 6.07) is 9.91. The summed E-state index contributed by atoms with van der Waals surface area (Å²) in [5.74, 6) is -1.52. The van der Waals surface area contributed by atoms with Gasteiger partial charge in [0.2, 0.25) is 0 Å². The van der Waals surface area contributed by atoms with Gasteiger partial charge >= 0.3 is 11.9 Å². The van der Waals surface area contributed by atoms with E-state index in [-0.39, 0.29) is 36.9 Å². The highest BCUT2D eigenvalue weighted by molar-refractivity contribution is 5.75. The van der Waals surface area contributed by atoms with Crippen LogP contribution in [-0.2, 0) is 30.4 Å². The fourth-order valence-electron chi connectivity index (χ4n) is 5.01. The van der Waals surface area contributed by atoms with Crippen LogP contribution in [0.15, 0.2) is 42.5 Å². The van der Waals surface area contributed by atoms with Gasteiger partial charge in [0.25, 0.3) is 0 Å². The number of hydrogen-bond acceptors (Lipinski definition) is 7. The number of aliphatic hydroxyl groups excluding tert-OH is 2. The van der Waals surface area contributed by atoms with Crippen molar-refractivity contribution in [3.05, 3.63) is 48.0 Å². The Morgan fingerprint density at radius 2 is 1.94 bits per heavy atom. The fraction of sp³-hybridized carbons (Fsp3) is 0.643. The van der Waals surface area contributed by atoms with E-state index >= 15 is 0 Å². The molecule has 2 aliphatic heterocycles. The molecule has 200 valence electrons. The zero-order chi connectivity index (χ0) is 26.3. The van der Waals surface area contributed by atoms with Crippen LogP contribution in [-0.4, -0.2) is 64.4 Å². The monoisotopic (exact) mass is 504 g/mol. The minimum Gasteiger partial charge on any atom is -0.481 e. The Morgan fingerprint density at radius 3 is 2.61 bits per heavy atom. The predicted octanol–water partition coefficient (Wildman–Crippen LogP) is 3.49. The van der Waals surface area contributed by atoms with Gasteiger partial charge in [-0.2, -0.15) is 0 Å². The maximum atomic E-state index is 12.7. The summed E-state index contributed by atoms with van der Waals surface area (Å²) >= 11 is 0. The van der Waals surface area contributed by atoms with Crippen LogP contribution in [0.2, 0.25) is 0 Å². The number of rotatable bonds is 14. The minimum atomic E-state index is -1.15. The highest BCUT2D eigenvalue weighted by atomic mass is 16.6. The molecule has 1 unspecified atom stereocenters. The van der Waals surface area contributed by atoms with Crippen LogP contribution < -0.4 is 0 Å². The molecule has 3 N–H and O–H groups in total.